The monoisotopic (exact) mass is 511 g/mol. The minimum absolute atomic E-state index is 0.0402. The average Bonchev–Trinajstić information content (AvgIpc) is 2.85. The van der Waals surface area contributed by atoms with Crippen molar-refractivity contribution < 1.29 is 14.6 Å². The van der Waals surface area contributed by atoms with Crippen LogP contribution < -0.4 is 15.8 Å². The third-order valence-corrected chi connectivity index (χ3v) is 6.95. The standard InChI is InChI=1S/C31H49N3O3/c1-7-8-16-34-30(36)28(35)15-13-25(32)20-24(22(2)3)18-23-12-14-27(31(4,5)6)29(19-23)37-21-26-11-9-10-17-33-26/h9-12,14,17,19,22,24-25,28,35H,7-8,13,15-16,18,20-21,32H2,1-6H3,(H,34,36)/t24-,25-,28-/m0/s1. The second-order valence-electron chi connectivity index (χ2n) is 11.6. The first-order chi connectivity index (χ1) is 17.5. The summed E-state index contributed by atoms with van der Waals surface area (Å²) in [6.07, 6.45) is 5.46. The Balaban J connectivity index is 2.03. The van der Waals surface area contributed by atoms with Gasteiger partial charge in [0.2, 0.25) is 5.91 Å². The highest BCUT2D eigenvalue weighted by Gasteiger charge is 2.23. The van der Waals surface area contributed by atoms with Gasteiger partial charge in [-0.2, -0.15) is 0 Å². The minimum atomic E-state index is -0.996. The van der Waals surface area contributed by atoms with E-state index >= 15 is 0 Å². The predicted octanol–water partition coefficient (Wildman–Crippen LogP) is 5.55. The Bertz CT molecular complexity index is 940. The fourth-order valence-corrected chi connectivity index (χ4v) is 4.48. The molecule has 3 atom stereocenters. The van der Waals surface area contributed by atoms with Gasteiger partial charge in [-0.05, 0) is 78.7 Å². The first kappa shape index (κ1) is 30.8. The first-order valence-electron chi connectivity index (χ1n) is 13.9. The second-order valence-corrected chi connectivity index (χ2v) is 11.6. The summed E-state index contributed by atoms with van der Waals surface area (Å²) in [5.74, 6) is 1.45. The normalized spacial score (nSPS) is 14.3. The molecule has 0 fully saturated rings. The molecule has 6 nitrogen and oxygen atoms in total. The first-order valence-corrected chi connectivity index (χ1v) is 13.9. The largest absolute Gasteiger partial charge is 0.487 e. The number of rotatable bonds is 15. The number of aromatic nitrogens is 1. The molecule has 6 heteroatoms. The number of carbonyl (C=O) groups is 1. The zero-order valence-corrected chi connectivity index (χ0v) is 23.8. The van der Waals surface area contributed by atoms with Gasteiger partial charge in [-0.3, -0.25) is 9.78 Å². The van der Waals surface area contributed by atoms with Gasteiger partial charge in [0.15, 0.2) is 0 Å². The van der Waals surface area contributed by atoms with Crippen molar-refractivity contribution in [2.45, 2.75) is 104 Å². The van der Waals surface area contributed by atoms with E-state index in [1.54, 1.807) is 6.20 Å². The van der Waals surface area contributed by atoms with Crippen LogP contribution in [0.1, 0.15) is 90.5 Å². The van der Waals surface area contributed by atoms with Crippen molar-refractivity contribution in [1.82, 2.24) is 10.3 Å². The number of hydrogen-bond acceptors (Lipinski definition) is 5. The minimum Gasteiger partial charge on any atom is -0.487 e. The second kappa shape index (κ2) is 15.1. The third-order valence-electron chi connectivity index (χ3n) is 6.95. The summed E-state index contributed by atoms with van der Waals surface area (Å²) in [7, 11) is 0. The van der Waals surface area contributed by atoms with Gasteiger partial charge in [-0.1, -0.05) is 66.2 Å². The summed E-state index contributed by atoms with van der Waals surface area (Å²) >= 11 is 0. The highest BCUT2D eigenvalue weighted by Crippen LogP contribution is 2.34. The van der Waals surface area contributed by atoms with Crippen LogP contribution in [0.25, 0.3) is 0 Å². The highest BCUT2D eigenvalue weighted by atomic mass is 16.5. The Hall–Kier alpha value is -2.44. The smallest absolute Gasteiger partial charge is 0.248 e. The highest BCUT2D eigenvalue weighted by molar-refractivity contribution is 5.80. The molecule has 2 aromatic rings. The molecule has 0 radical (unpaired) electrons. The lowest BCUT2D eigenvalue weighted by molar-refractivity contribution is -0.129. The summed E-state index contributed by atoms with van der Waals surface area (Å²) in [6, 6.07) is 12.4. The van der Waals surface area contributed by atoms with Crippen molar-refractivity contribution in [3.63, 3.8) is 0 Å². The number of pyridine rings is 1. The molecule has 1 aromatic heterocycles. The fraction of sp³-hybridized carbons (Fsp3) is 0.613. The Morgan fingerprint density at radius 1 is 1.16 bits per heavy atom. The lowest BCUT2D eigenvalue weighted by atomic mass is 9.81. The van der Waals surface area contributed by atoms with E-state index in [1.807, 2.05) is 18.2 Å². The summed E-state index contributed by atoms with van der Waals surface area (Å²) in [6.45, 7) is 14.2. The number of amides is 1. The molecule has 1 aromatic carbocycles. The van der Waals surface area contributed by atoms with Gasteiger partial charge in [-0.15, -0.1) is 0 Å². The van der Waals surface area contributed by atoms with Crippen LogP contribution >= 0.6 is 0 Å². The molecule has 0 aliphatic rings. The van der Waals surface area contributed by atoms with Crippen molar-refractivity contribution in [2.75, 3.05) is 6.54 Å². The lowest BCUT2D eigenvalue weighted by Gasteiger charge is -2.27. The summed E-state index contributed by atoms with van der Waals surface area (Å²) < 4.78 is 6.28. The number of carbonyl (C=O) groups excluding carboxylic acids is 1. The number of aliphatic hydroxyl groups excluding tert-OH is 1. The molecule has 2 rings (SSSR count). The SMILES string of the molecule is CCCCNC(=O)[C@@H](O)CC[C@H](N)C[C@H](Cc1ccc(C(C)(C)C)c(OCc2ccccn2)c1)C(C)C. The quantitative estimate of drug-likeness (QED) is 0.273. The molecule has 4 N–H and O–H groups in total. The van der Waals surface area contributed by atoms with Gasteiger partial charge in [0, 0.05) is 18.8 Å². The van der Waals surface area contributed by atoms with Crippen LogP contribution in [0.4, 0.5) is 0 Å². The molecule has 1 heterocycles. The maximum atomic E-state index is 12.1. The van der Waals surface area contributed by atoms with Crippen LogP contribution in [-0.2, 0) is 23.2 Å². The van der Waals surface area contributed by atoms with Gasteiger partial charge >= 0.3 is 0 Å². The van der Waals surface area contributed by atoms with Crippen LogP contribution in [0.5, 0.6) is 5.75 Å². The average molecular weight is 512 g/mol. The van der Waals surface area contributed by atoms with E-state index in [2.05, 4.69) is 70.0 Å². The molecular weight excluding hydrogens is 462 g/mol. The molecule has 0 unspecified atom stereocenters. The van der Waals surface area contributed by atoms with E-state index in [0.29, 0.717) is 37.8 Å². The van der Waals surface area contributed by atoms with E-state index in [4.69, 9.17) is 10.5 Å². The summed E-state index contributed by atoms with van der Waals surface area (Å²) in [5, 5.41) is 13.0. The third kappa shape index (κ3) is 10.8. The topological polar surface area (TPSA) is 97.5 Å². The van der Waals surface area contributed by atoms with E-state index in [-0.39, 0.29) is 17.4 Å². The maximum absolute atomic E-state index is 12.1. The van der Waals surface area contributed by atoms with Crippen molar-refractivity contribution in [3.8, 4) is 5.75 Å². The van der Waals surface area contributed by atoms with E-state index < -0.39 is 6.10 Å². The molecule has 0 bridgehead atoms. The van der Waals surface area contributed by atoms with Crippen molar-refractivity contribution >= 4 is 5.91 Å². The Labute approximate surface area is 224 Å². The number of nitrogens with zero attached hydrogens (tertiary/aromatic N) is 1. The fourth-order valence-electron chi connectivity index (χ4n) is 4.48. The van der Waals surface area contributed by atoms with E-state index in [9.17, 15) is 9.90 Å². The number of ether oxygens (including phenoxy) is 1. The van der Waals surface area contributed by atoms with E-state index in [1.165, 1.54) is 11.1 Å². The van der Waals surface area contributed by atoms with Gasteiger partial charge in [0.25, 0.3) is 0 Å². The van der Waals surface area contributed by atoms with Crippen molar-refractivity contribution in [1.29, 1.82) is 0 Å². The van der Waals surface area contributed by atoms with Gasteiger partial charge in [-0.25, -0.2) is 0 Å². The van der Waals surface area contributed by atoms with Crippen molar-refractivity contribution in [3.05, 3.63) is 59.4 Å². The zero-order valence-electron chi connectivity index (χ0n) is 23.8. The Morgan fingerprint density at radius 3 is 2.54 bits per heavy atom. The van der Waals surface area contributed by atoms with Crippen LogP contribution in [0.3, 0.4) is 0 Å². The number of aliphatic hydroxyl groups is 1. The number of unbranched alkanes of at least 4 members (excludes halogenated alkanes) is 1. The number of nitrogens with one attached hydrogen (secondary N) is 1. The van der Waals surface area contributed by atoms with Crippen LogP contribution in [0.2, 0.25) is 0 Å². The molecule has 0 aliphatic carbocycles. The molecule has 206 valence electrons. The van der Waals surface area contributed by atoms with Crippen LogP contribution in [-0.4, -0.2) is 34.7 Å². The number of benzene rings is 1. The molecule has 0 saturated heterocycles. The van der Waals surface area contributed by atoms with Gasteiger partial charge in [0.05, 0.1) is 5.69 Å². The van der Waals surface area contributed by atoms with E-state index in [0.717, 1.165) is 37.1 Å². The molecule has 0 spiro atoms. The predicted molar refractivity (Wildman–Crippen MR) is 151 cm³/mol. The molecule has 0 saturated carbocycles. The molecular formula is C31H49N3O3. The summed E-state index contributed by atoms with van der Waals surface area (Å²) in [5.41, 5.74) is 9.75. The molecule has 1 amide bonds. The maximum Gasteiger partial charge on any atom is 0.248 e. The number of nitrogens with two attached hydrogens (primary N) is 1. The van der Waals surface area contributed by atoms with Crippen LogP contribution in [0, 0.1) is 11.8 Å². The van der Waals surface area contributed by atoms with Crippen molar-refractivity contribution in [2.24, 2.45) is 17.6 Å². The molecule has 37 heavy (non-hydrogen) atoms. The van der Waals surface area contributed by atoms with Gasteiger partial charge in [0.1, 0.15) is 18.5 Å². The lowest BCUT2D eigenvalue weighted by Crippen LogP contribution is -2.36. The summed E-state index contributed by atoms with van der Waals surface area (Å²) in [4.78, 5) is 16.4. The Morgan fingerprint density at radius 2 is 1.92 bits per heavy atom. The molecule has 0 aliphatic heterocycles. The zero-order chi connectivity index (χ0) is 27.4. The van der Waals surface area contributed by atoms with Gasteiger partial charge < -0.3 is 20.9 Å². The Kier molecular flexibility index (Phi) is 12.6. The van der Waals surface area contributed by atoms with Crippen LogP contribution in [0.15, 0.2) is 42.6 Å². The number of hydrogen-bond donors (Lipinski definition) is 3.